The number of piperazine rings is 1. The third-order valence-electron chi connectivity index (χ3n) is 4.38. The first-order valence-electron chi connectivity index (χ1n) is 8.26. The van der Waals surface area contributed by atoms with Gasteiger partial charge >= 0.3 is 0 Å². The fraction of sp³-hybridized carbons (Fsp3) is 0.529. The van der Waals surface area contributed by atoms with Gasteiger partial charge in [-0.25, -0.2) is 0 Å². The van der Waals surface area contributed by atoms with Crippen molar-refractivity contribution in [1.82, 2.24) is 15.5 Å². The van der Waals surface area contributed by atoms with E-state index in [1.165, 1.54) is 0 Å². The summed E-state index contributed by atoms with van der Waals surface area (Å²) in [6.45, 7) is 2.02. The highest BCUT2D eigenvalue weighted by Gasteiger charge is 2.31. The Kier molecular flexibility index (Phi) is 5.20. The number of likely N-dealkylation sites (tertiary alicyclic amines) is 1. The smallest absolute Gasteiger partial charge is 0.246 e. The maximum atomic E-state index is 12.5. The number of para-hydroxylation sites is 2. The average molecular weight is 333 g/mol. The van der Waals surface area contributed by atoms with E-state index >= 15 is 0 Å². The summed E-state index contributed by atoms with van der Waals surface area (Å²) in [4.78, 5) is 25.7. The molecular formula is C17H23N3O4. The molecule has 2 N–H and O–H groups in total. The first kappa shape index (κ1) is 16.6. The molecule has 2 aliphatic rings. The Labute approximate surface area is 141 Å². The molecule has 3 rings (SSSR count). The molecule has 0 aliphatic carbocycles. The number of piperidine rings is 1. The number of hydrogen-bond acceptors (Lipinski definition) is 5. The van der Waals surface area contributed by atoms with E-state index in [2.05, 4.69) is 10.6 Å². The lowest BCUT2D eigenvalue weighted by atomic mass is 10.1. The van der Waals surface area contributed by atoms with Crippen molar-refractivity contribution in [1.29, 1.82) is 0 Å². The molecule has 7 heteroatoms. The number of carbonyl (C=O) groups excluding carboxylic acids is 2. The lowest BCUT2D eigenvalue weighted by molar-refractivity contribution is -0.138. The number of nitrogens with one attached hydrogen (secondary N) is 2. The van der Waals surface area contributed by atoms with Gasteiger partial charge in [0.05, 0.1) is 13.7 Å². The molecule has 0 aromatic heterocycles. The van der Waals surface area contributed by atoms with Crippen LogP contribution in [0.2, 0.25) is 0 Å². The predicted octanol–water partition coefficient (Wildman–Crippen LogP) is 0.153. The fourth-order valence-corrected chi connectivity index (χ4v) is 3.09. The molecule has 2 saturated heterocycles. The molecule has 24 heavy (non-hydrogen) atoms. The Hall–Kier alpha value is -2.28. The highest BCUT2D eigenvalue weighted by molar-refractivity contribution is 5.89. The van der Waals surface area contributed by atoms with E-state index in [0.717, 1.165) is 18.6 Å². The maximum Gasteiger partial charge on any atom is 0.246 e. The molecule has 1 aromatic carbocycles. The van der Waals surface area contributed by atoms with Crippen LogP contribution in [0.25, 0.3) is 0 Å². The van der Waals surface area contributed by atoms with Crippen molar-refractivity contribution in [3.63, 3.8) is 0 Å². The van der Waals surface area contributed by atoms with Gasteiger partial charge in [-0.15, -0.1) is 0 Å². The Morgan fingerprint density at radius 2 is 1.92 bits per heavy atom. The van der Waals surface area contributed by atoms with Crippen molar-refractivity contribution in [3.05, 3.63) is 24.3 Å². The number of ether oxygens (including phenoxy) is 2. The Bertz CT molecular complexity index is 599. The summed E-state index contributed by atoms with van der Waals surface area (Å²) < 4.78 is 11.3. The van der Waals surface area contributed by atoms with Crippen LogP contribution < -0.4 is 20.1 Å². The molecule has 2 aliphatic heterocycles. The summed E-state index contributed by atoms with van der Waals surface area (Å²) in [5.74, 6) is 1.29. The third kappa shape index (κ3) is 3.79. The summed E-state index contributed by atoms with van der Waals surface area (Å²) in [5.41, 5.74) is 0. The third-order valence-corrected chi connectivity index (χ3v) is 4.38. The van der Waals surface area contributed by atoms with Gasteiger partial charge in [-0.3, -0.25) is 9.59 Å². The van der Waals surface area contributed by atoms with Crippen LogP contribution >= 0.6 is 0 Å². The van der Waals surface area contributed by atoms with Crippen LogP contribution in [-0.2, 0) is 9.59 Å². The second-order valence-corrected chi connectivity index (χ2v) is 6.04. The summed E-state index contributed by atoms with van der Waals surface area (Å²) in [5, 5.41) is 5.70. The minimum Gasteiger partial charge on any atom is -0.493 e. The summed E-state index contributed by atoms with van der Waals surface area (Å²) in [6.07, 6.45) is 1.58. The SMILES string of the molecule is COc1ccccc1OC1CCN(C(=O)[C@@H]2CNCC(=O)N2)CC1. The summed E-state index contributed by atoms with van der Waals surface area (Å²) >= 11 is 0. The molecule has 0 saturated carbocycles. The Balaban J connectivity index is 1.52. The molecule has 0 unspecified atom stereocenters. The number of benzene rings is 1. The molecule has 0 bridgehead atoms. The topological polar surface area (TPSA) is 79.9 Å². The molecule has 2 amide bonds. The second-order valence-electron chi connectivity index (χ2n) is 6.04. The standard InChI is InChI=1S/C17H23N3O4/c1-23-14-4-2-3-5-15(14)24-12-6-8-20(9-7-12)17(22)13-10-18-11-16(21)19-13/h2-5,12-13,18H,6-11H2,1H3,(H,19,21)/t13-/m0/s1. The van der Waals surface area contributed by atoms with Gasteiger partial charge in [-0.05, 0) is 12.1 Å². The first-order chi connectivity index (χ1) is 11.7. The van der Waals surface area contributed by atoms with E-state index in [1.807, 2.05) is 24.3 Å². The van der Waals surface area contributed by atoms with Gasteiger partial charge in [-0.1, -0.05) is 12.1 Å². The van der Waals surface area contributed by atoms with Crippen LogP contribution in [0, 0.1) is 0 Å². The number of hydrogen-bond donors (Lipinski definition) is 2. The Morgan fingerprint density at radius 1 is 1.21 bits per heavy atom. The van der Waals surface area contributed by atoms with Gasteiger partial charge in [0, 0.05) is 32.5 Å². The van der Waals surface area contributed by atoms with Crippen molar-refractivity contribution >= 4 is 11.8 Å². The van der Waals surface area contributed by atoms with Gasteiger partial charge < -0.3 is 25.0 Å². The molecule has 0 spiro atoms. The van der Waals surface area contributed by atoms with Gasteiger partial charge in [0.15, 0.2) is 11.5 Å². The summed E-state index contributed by atoms with van der Waals surface area (Å²) in [6, 6.07) is 7.11. The maximum absolute atomic E-state index is 12.5. The largest absolute Gasteiger partial charge is 0.493 e. The van der Waals surface area contributed by atoms with Crippen LogP contribution in [0.5, 0.6) is 11.5 Å². The molecule has 0 radical (unpaired) electrons. The van der Waals surface area contributed by atoms with E-state index in [4.69, 9.17) is 9.47 Å². The van der Waals surface area contributed by atoms with Crippen LogP contribution in [0.1, 0.15) is 12.8 Å². The quantitative estimate of drug-likeness (QED) is 0.820. The highest BCUT2D eigenvalue weighted by Crippen LogP contribution is 2.29. The van der Waals surface area contributed by atoms with Crippen LogP contribution in [-0.4, -0.2) is 62.1 Å². The molecule has 1 aromatic rings. The summed E-state index contributed by atoms with van der Waals surface area (Å²) in [7, 11) is 1.62. The van der Waals surface area contributed by atoms with E-state index < -0.39 is 6.04 Å². The fourth-order valence-electron chi connectivity index (χ4n) is 3.09. The normalized spacial score (nSPS) is 22.0. The van der Waals surface area contributed by atoms with E-state index in [0.29, 0.717) is 25.4 Å². The molecule has 7 nitrogen and oxygen atoms in total. The molecule has 2 fully saturated rings. The van der Waals surface area contributed by atoms with Crippen molar-refractivity contribution in [2.45, 2.75) is 25.0 Å². The van der Waals surface area contributed by atoms with Gasteiger partial charge in [0.1, 0.15) is 12.1 Å². The zero-order valence-corrected chi connectivity index (χ0v) is 13.8. The zero-order valence-electron chi connectivity index (χ0n) is 13.8. The molecule has 130 valence electrons. The second kappa shape index (κ2) is 7.53. The molecular weight excluding hydrogens is 310 g/mol. The van der Waals surface area contributed by atoms with Gasteiger partial charge in [0.25, 0.3) is 0 Å². The number of rotatable bonds is 4. The number of amides is 2. The van der Waals surface area contributed by atoms with Crippen LogP contribution in [0.3, 0.4) is 0 Å². The molecule has 1 atom stereocenters. The average Bonchev–Trinajstić information content (AvgIpc) is 2.62. The first-order valence-corrected chi connectivity index (χ1v) is 8.26. The van der Waals surface area contributed by atoms with Crippen molar-refractivity contribution in [2.24, 2.45) is 0 Å². The van der Waals surface area contributed by atoms with Crippen LogP contribution in [0.4, 0.5) is 0 Å². The lowest BCUT2D eigenvalue weighted by Gasteiger charge is -2.35. The van der Waals surface area contributed by atoms with Crippen molar-refractivity contribution < 1.29 is 19.1 Å². The minimum atomic E-state index is -0.460. The molecule has 2 heterocycles. The van der Waals surface area contributed by atoms with Gasteiger partial charge in [-0.2, -0.15) is 0 Å². The monoisotopic (exact) mass is 333 g/mol. The van der Waals surface area contributed by atoms with Gasteiger partial charge in [0.2, 0.25) is 11.8 Å². The number of nitrogens with zero attached hydrogens (tertiary/aromatic N) is 1. The van der Waals surface area contributed by atoms with Crippen molar-refractivity contribution in [3.8, 4) is 11.5 Å². The van der Waals surface area contributed by atoms with Crippen LogP contribution in [0.15, 0.2) is 24.3 Å². The Morgan fingerprint density at radius 3 is 2.58 bits per heavy atom. The number of carbonyl (C=O) groups is 2. The lowest BCUT2D eigenvalue weighted by Crippen LogP contribution is -2.60. The van der Waals surface area contributed by atoms with Crippen molar-refractivity contribution in [2.75, 3.05) is 33.3 Å². The van der Waals surface area contributed by atoms with E-state index in [9.17, 15) is 9.59 Å². The van der Waals surface area contributed by atoms with E-state index in [1.54, 1.807) is 12.0 Å². The zero-order chi connectivity index (χ0) is 16.9. The minimum absolute atomic E-state index is 0.0220. The number of methoxy groups -OCH3 is 1. The van der Waals surface area contributed by atoms with E-state index in [-0.39, 0.29) is 24.5 Å². The predicted molar refractivity (Wildman–Crippen MR) is 88.0 cm³/mol. The highest BCUT2D eigenvalue weighted by atomic mass is 16.5.